The van der Waals surface area contributed by atoms with Gasteiger partial charge in [-0.2, -0.15) is 0 Å². The van der Waals surface area contributed by atoms with Gasteiger partial charge in [-0.05, 0) is 32.4 Å². The summed E-state index contributed by atoms with van der Waals surface area (Å²) >= 11 is 0. The zero-order valence-corrected chi connectivity index (χ0v) is 12.7. The molecule has 0 spiro atoms. The number of rotatable bonds is 11. The van der Waals surface area contributed by atoms with Crippen LogP contribution in [-0.2, 0) is 15.9 Å². The van der Waals surface area contributed by atoms with Crippen molar-refractivity contribution in [3.05, 3.63) is 24.2 Å². The summed E-state index contributed by atoms with van der Waals surface area (Å²) in [6.45, 7) is 5.42. The van der Waals surface area contributed by atoms with Crippen LogP contribution >= 0.6 is 0 Å². The third-order valence-corrected chi connectivity index (χ3v) is 3.08. The van der Waals surface area contributed by atoms with Crippen molar-refractivity contribution in [1.82, 2.24) is 5.32 Å². The second-order valence-electron chi connectivity index (χ2n) is 5.18. The van der Waals surface area contributed by atoms with E-state index in [-0.39, 0.29) is 6.10 Å². The molecule has 0 amide bonds. The predicted molar refractivity (Wildman–Crippen MR) is 77.8 cm³/mol. The molecule has 1 rings (SSSR count). The van der Waals surface area contributed by atoms with Crippen LogP contribution in [0.25, 0.3) is 0 Å². The van der Waals surface area contributed by atoms with Crippen LogP contribution < -0.4 is 5.32 Å². The van der Waals surface area contributed by atoms with Crippen molar-refractivity contribution in [2.45, 2.75) is 44.9 Å². The summed E-state index contributed by atoms with van der Waals surface area (Å²) in [7, 11) is 1.64. The summed E-state index contributed by atoms with van der Waals surface area (Å²) in [5.41, 5.74) is 0. The summed E-state index contributed by atoms with van der Waals surface area (Å²) in [5.74, 6) is 0.996. The van der Waals surface area contributed by atoms with Crippen LogP contribution in [-0.4, -0.2) is 50.2 Å². The summed E-state index contributed by atoms with van der Waals surface area (Å²) < 4.78 is 15.7. The molecule has 0 fully saturated rings. The van der Waals surface area contributed by atoms with E-state index >= 15 is 0 Å². The van der Waals surface area contributed by atoms with Crippen LogP contribution in [0.5, 0.6) is 0 Å². The lowest BCUT2D eigenvalue weighted by molar-refractivity contribution is -0.0315. The molecule has 20 heavy (non-hydrogen) atoms. The van der Waals surface area contributed by atoms with Crippen LogP contribution in [0.2, 0.25) is 0 Å². The first-order valence-corrected chi connectivity index (χ1v) is 7.16. The number of furan rings is 1. The first-order valence-electron chi connectivity index (χ1n) is 7.16. The quantitative estimate of drug-likeness (QED) is 0.646. The van der Waals surface area contributed by atoms with E-state index in [0.717, 1.165) is 18.6 Å². The molecule has 0 aliphatic rings. The summed E-state index contributed by atoms with van der Waals surface area (Å²) in [6, 6.07) is 4.20. The average Bonchev–Trinajstić information content (AvgIpc) is 2.94. The lowest BCUT2D eigenvalue weighted by Gasteiger charge is -2.19. The van der Waals surface area contributed by atoms with Gasteiger partial charge in [-0.15, -0.1) is 0 Å². The molecule has 0 aliphatic carbocycles. The van der Waals surface area contributed by atoms with Gasteiger partial charge in [0.15, 0.2) is 0 Å². The Kier molecular flexibility index (Phi) is 8.53. The fraction of sp³-hybridized carbons (Fsp3) is 0.733. The third kappa shape index (κ3) is 7.65. The monoisotopic (exact) mass is 285 g/mol. The maximum absolute atomic E-state index is 9.82. The minimum atomic E-state index is -0.500. The maximum Gasteiger partial charge on any atom is 0.103 e. The van der Waals surface area contributed by atoms with Crippen molar-refractivity contribution in [3.8, 4) is 0 Å². The molecule has 1 heterocycles. The molecule has 1 aromatic rings. The van der Waals surface area contributed by atoms with E-state index in [0.29, 0.717) is 25.8 Å². The zero-order valence-electron chi connectivity index (χ0n) is 12.7. The number of methoxy groups -OCH3 is 1. The average molecular weight is 285 g/mol. The largest absolute Gasteiger partial charge is 0.469 e. The van der Waals surface area contributed by atoms with E-state index in [1.165, 1.54) is 0 Å². The molecule has 0 radical (unpaired) electrons. The van der Waals surface area contributed by atoms with Gasteiger partial charge < -0.3 is 24.3 Å². The van der Waals surface area contributed by atoms with Gasteiger partial charge >= 0.3 is 0 Å². The molecular weight excluding hydrogens is 258 g/mol. The minimum absolute atomic E-state index is 0.00558. The van der Waals surface area contributed by atoms with E-state index in [4.69, 9.17) is 13.9 Å². The zero-order chi connectivity index (χ0) is 14.8. The molecule has 5 nitrogen and oxygen atoms in total. The van der Waals surface area contributed by atoms with Gasteiger partial charge in [0.1, 0.15) is 5.76 Å². The number of aryl methyl sites for hydroxylation is 1. The van der Waals surface area contributed by atoms with Crippen LogP contribution in [0, 0.1) is 0 Å². The second-order valence-corrected chi connectivity index (χ2v) is 5.18. The number of ether oxygens (including phenoxy) is 2. The highest BCUT2D eigenvalue weighted by molar-refractivity contribution is 4.98. The van der Waals surface area contributed by atoms with Crippen LogP contribution in [0.3, 0.4) is 0 Å². The highest BCUT2D eigenvalue weighted by Crippen LogP contribution is 2.05. The SMILES string of the molecule is COCC(C)OCC(O)CNC(C)CCc1ccco1. The molecule has 0 bridgehead atoms. The lowest BCUT2D eigenvalue weighted by atomic mass is 10.1. The third-order valence-electron chi connectivity index (χ3n) is 3.08. The van der Waals surface area contributed by atoms with Crippen molar-refractivity contribution in [2.75, 3.05) is 26.9 Å². The highest BCUT2D eigenvalue weighted by atomic mass is 16.5. The van der Waals surface area contributed by atoms with Gasteiger partial charge in [0.05, 0.1) is 31.7 Å². The second kappa shape index (κ2) is 9.94. The Morgan fingerprint density at radius 1 is 1.35 bits per heavy atom. The Hall–Kier alpha value is -0.880. The molecule has 0 aliphatic heterocycles. The molecule has 3 atom stereocenters. The van der Waals surface area contributed by atoms with E-state index in [1.54, 1.807) is 13.4 Å². The fourth-order valence-corrected chi connectivity index (χ4v) is 1.87. The smallest absolute Gasteiger partial charge is 0.103 e. The standard InChI is InChI=1S/C15H27NO4/c1-12(6-7-15-5-4-8-19-15)16-9-14(17)11-20-13(2)10-18-3/h4-5,8,12-14,16-17H,6-7,9-11H2,1-3H3. The van der Waals surface area contributed by atoms with E-state index in [2.05, 4.69) is 12.2 Å². The molecule has 0 aromatic carbocycles. The Labute approximate surface area is 121 Å². The fourth-order valence-electron chi connectivity index (χ4n) is 1.87. The molecule has 0 saturated carbocycles. The molecule has 1 aromatic heterocycles. The number of aliphatic hydroxyl groups excluding tert-OH is 1. The predicted octanol–water partition coefficient (Wildman–Crippen LogP) is 1.60. The minimum Gasteiger partial charge on any atom is -0.469 e. The molecule has 3 unspecified atom stereocenters. The Morgan fingerprint density at radius 3 is 2.80 bits per heavy atom. The van der Waals surface area contributed by atoms with Gasteiger partial charge in [-0.25, -0.2) is 0 Å². The van der Waals surface area contributed by atoms with Gasteiger partial charge in [-0.3, -0.25) is 0 Å². The molecule has 116 valence electrons. The van der Waals surface area contributed by atoms with E-state index in [9.17, 15) is 5.11 Å². The topological polar surface area (TPSA) is 63.9 Å². The van der Waals surface area contributed by atoms with E-state index < -0.39 is 6.10 Å². The van der Waals surface area contributed by atoms with Crippen LogP contribution in [0.1, 0.15) is 26.0 Å². The maximum atomic E-state index is 9.82. The first-order chi connectivity index (χ1) is 9.61. The Morgan fingerprint density at radius 2 is 2.15 bits per heavy atom. The Balaban J connectivity index is 2.06. The Bertz CT molecular complexity index is 329. The van der Waals surface area contributed by atoms with E-state index in [1.807, 2.05) is 19.1 Å². The van der Waals surface area contributed by atoms with Gasteiger partial charge in [-0.1, -0.05) is 0 Å². The van der Waals surface area contributed by atoms with Crippen molar-refractivity contribution < 1.29 is 19.0 Å². The molecular formula is C15H27NO4. The summed E-state index contributed by atoms with van der Waals surface area (Å²) in [6.07, 6.45) is 3.07. The molecule has 0 saturated heterocycles. The number of nitrogens with one attached hydrogen (secondary N) is 1. The van der Waals surface area contributed by atoms with Crippen molar-refractivity contribution in [3.63, 3.8) is 0 Å². The number of aliphatic hydroxyl groups is 1. The van der Waals surface area contributed by atoms with Crippen LogP contribution in [0.15, 0.2) is 22.8 Å². The number of hydrogen-bond acceptors (Lipinski definition) is 5. The normalized spacial score (nSPS) is 16.0. The highest BCUT2D eigenvalue weighted by Gasteiger charge is 2.10. The lowest BCUT2D eigenvalue weighted by Crippen LogP contribution is -2.37. The molecule has 2 N–H and O–H groups in total. The molecule has 5 heteroatoms. The van der Waals surface area contributed by atoms with Crippen molar-refractivity contribution >= 4 is 0 Å². The summed E-state index contributed by atoms with van der Waals surface area (Å²) in [5, 5.41) is 13.1. The number of hydrogen-bond donors (Lipinski definition) is 2. The van der Waals surface area contributed by atoms with Gasteiger partial charge in [0, 0.05) is 26.1 Å². The van der Waals surface area contributed by atoms with Crippen LogP contribution in [0.4, 0.5) is 0 Å². The van der Waals surface area contributed by atoms with Gasteiger partial charge in [0.25, 0.3) is 0 Å². The van der Waals surface area contributed by atoms with Crippen molar-refractivity contribution in [1.29, 1.82) is 0 Å². The summed E-state index contributed by atoms with van der Waals surface area (Å²) in [4.78, 5) is 0. The first kappa shape index (κ1) is 17.2. The van der Waals surface area contributed by atoms with Crippen molar-refractivity contribution in [2.24, 2.45) is 0 Å². The van der Waals surface area contributed by atoms with Gasteiger partial charge in [0.2, 0.25) is 0 Å².